The maximum atomic E-state index is 6.28. The first kappa shape index (κ1) is 11.6. The summed E-state index contributed by atoms with van der Waals surface area (Å²) in [7, 11) is 0. The number of benzene rings is 2. The van der Waals surface area contributed by atoms with Gasteiger partial charge in [-0.15, -0.1) is 11.3 Å². The van der Waals surface area contributed by atoms with Crippen LogP contribution in [0.25, 0.3) is 21.9 Å². The fourth-order valence-electron chi connectivity index (χ4n) is 2.47. The lowest BCUT2D eigenvalue weighted by Crippen LogP contribution is -2.11. The monoisotopic (exact) mass is 280 g/mol. The lowest BCUT2D eigenvalue weighted by molar-refractivity contribution is 0.668. The average molecular weight is 280 g/mol. The van der Waals surface area contributed by atoms with Crippen molar-refractivity contribution >= 4 is 33.3 Å². The van der Waals surface area contributed by atoms with Crippen LogP contribution in [0.4, 0.5) is 0 Å². The fraction of sp³-hybridized carbons (Fsp3) is 0.0625. The van der Waals surface area contributed by atoms with E-state index in [1.807, 2.05) is 35.7 Å². The van der Waals surface area contributed by atoms with E-state index in [9.17, 15) is 0 Å². The molecule has 1 atom stereocenters. The van der Waals surface area contributed by atoms with Gasteiger partial charge in [0.05, 0.1) is 6.04 Å². The molecular formula is C16H12N2OS. The third-order valence-electron chi connectivity index (χ3n) is 3.48. The number of hydrogen-bond donors (Lipinski definition) is 1. The molecule has 3 nitrogen and oxygen atoms in total. The van der Waals surface area contributed by atoms with Gasteiger partial charge in [-0.1, -0.05) is 24.3 Å². The summed E-state index contributed by atoms with van der Waals surface area (Å²) in [5.41, 5.74) is 9.13. The van der Waals surface area contributed by atoms with Gasteiger partial charge in [0.25, 0.3) is 0 Å². The highest BCUT2D eigenvalue weighted by Crippen LogP contribution is 2.31. The average Bonchev–Trinajstić information content (AvgIpc) is 3.13. The van der Waals surface area contributed by atoms with Gasteiger partial charge in [-0.25, -0.2) is 4.98 Å². The molecule has 0 aliphatic carbocycles. The first-order chi connectivity index (χ1) is 9.83. The fourth-order valence-corrected chi connectivity index (χ4v) is 3.13. The maximum absolute atomic E-state index is 6.28. The number of rotatable bonds is 2. The molecule has 0 aliphatic heterocycles. The molecule has 98 valence electrons. The molecule has 0 aliphatic rings. The number of para-hydroxylation sites is 1. The van der Waals surface area contributed by atoms with E-state index in [2.05, 4.69) is 17.1 Å². The largest absolute Gasteiger partial charge is 0.456 e. The molecule has 0 bridgehead atoms. The SMILES string of the molecule is NC(c1ccc2oc3ccccc3c2c1)c1nccs1. The van der Waals surface area contributed by atoms with Crippen molar-refractivity contribution in [2.24, 2.45) is 5.73 Å². The van der Waals surface area contributed by atoms with Gasteiger partial charge in [-0.3, -0.25) is 0 Å². The quantitative estimate of drug-likeness (QED) is 0.601. The molecule has 2 N–H and O–H groups in total. The van der Waals surface area contributed by atoms with Crippen LogP contribution in [0.5, 0.6) is 0 Å². The zero-order chi connectivity index (χ0) is 13.5. The number of nitrogens with zero attached hydrogens (tertiary/aromatic N) is 1. The molecule has 4 aromatic rings. The van der Waals surface area contributed by atoms with Crippen LogP contribution < -0.4 is 5.73 Å². The summed E-state index contributed by atoms with van der Waals surface area (Å²) in [5.74, 6) is 0. The molecule has 4 rings (SSSR count). The van der Waals surface area contributed by atoms with Crippen LogP contribution in [-0.2, 0) is 0 Å². The van der Waals surface area contributed by atoms with E-state index in [1.54, 1.807) is 17.5 Å². The predicted molar refractivity (Wildman–Crippen MR) is 81.9 cm³/mol. The molecule has 1 unspecified atom stereocenters. The van der Waals surface area contributed by atoms with Crippen molar-refractivity contribution in [2.75, 3.05) is 0 Å². The third kappa shape index (κ3) is 1.73. The minimum Gasteiger partial charge on any atom is -0.456 e. The molecule has 0 radical (unpaired) electrons. The Morgan fingerprint density at radius 3 is 2.75 bits per heavy atom. The van der Waals surface area contributed by atoms with E-state index < -0.39 is 0 Å². The molecule has 2 aromatic heterocycles. The summed E-state index contributed by atoms with van der Waals surface area (Å²) in [5, 5.41) is 5.10. The van der Waals surface area contributed by atoms with Gasteiger partial charge in [0, 0.05) is 22.3 Å². The lowest BCUT2D eigenvalue weighted by atomic mass is 10.0. The van der Waals surface area contributed by atoms with Gasteiger partial charge in [-0.2, -0.15) is 0 Å². The Balaban J connectivity index is 1.91. The second-order valence-corrected chi connectivity index (χ2v) is 5.63. The van der Waals surface area contributed by atoms with E-state index in [-0.39, 0.29) is 6.04 Å². The summed E-state index contributed by atoms with van der Waals surface area (Å²) in [4.78, 5) is 4.29. The normalized spacial score (nSPS) is 13.1. The summed E-state index contributed by atoms with van der Waals surface area (Å²) in [6.45, 7) is 0. The Morgan fingerprint density at radius 1 is 1.05 bits per heavy atom. The Kier molecular flexibility index (Phi) is 2.58. The lowest BCUT2D eigenvalue weighted by Gasteiger charge is -2.08. The van der Waals surface area contributed by atoms with E-state index in [4.69, 9.17) is 10.2 Å². The van der Waals surface area contributed by atoms with Crippen LogP contribution >= 0.6 is 11.3 Å². The van der Waals surface area contributed by atoms with Gasteiger partial charge in [0.2, 0.25) is 0 Å². The van der Waals surface area contributed by atoms with Gasteiger partial charge in [0.1, 0.15) is 16.2 Å². The highest BCUT2D eigenvalue weighted by molar-refractivity contribution is 7.09. The van der Waals surface area contributed by atoms with Crippen LogP contribution in [0.3, 0.4) is 0 Å². The number of thiazole rings is 1. The second kappa shape index (κ2) is 4.44. The topological polar surface area (TPSA) is 52.0 Å². The standard InChI is InChI=1S/C16H12N2OS/c17-15(16-18-7-8-20-16)10-5-6-14-12(9-10)11-3-1-2-4-13(11)19-14/h1-9,15H,17H2. The van der Waals surface area contributed by atoms with Crippen molar-refractivity contribution < 1.29 is 4.42 Å². The second-order valence-electron chi connectivity index (χ2n) is 4.70. The number of fused-ring (bicyclic) bond motifs is 3. The van der Waals surface area contributed by atoms with E-state index in [1.165, 1.54) is 0 Å². The molecule has 0 saturated heterocycles. The number of aromatic nitrogens is 1. The van der Waals surface area contributed by atoms with Crippen molar-refractivity contribution in [2.45, 2.75) is 6.04 Å². The summed E-state index contributed by atoms with van der Waals surface area (Å²) >= 11 is 1.58. The van der Waals surface area contributed by atoms with E-state index in [0.717, 1.165) is 32.5 Å². The molecule has 0 saturated carbocycles. The third-order valence-corrected chi connectivity index (χ3v) is 4.34. The Bertz CT molecular complexity index is 880. The van der Waals surface area contributed by atoms with E-state index in [0.29, 0.717) is 0 Å². The Hall–Kier alpha value is -2.17. The summed E-state index contributed by atoms with van der Waals surface area (Å²) in [6.07, 6.45) is 1.78. The molecule has 2 heterocycles. The Morgan fingerprint density at radius 2 is 1.90 bits per heavy atom. The molecule has 4 heteroatoms. The highest BCUT2D eigenvalue weighted by atomic mass is 32.1. The molecule has 0 fully saturated rings. The first-order valence-electron chi connectivity index (χ1n) is 6.39. The van der Waals surface area contributed by atoms with Crippen molar-refractivity contribution in [1.82, 2.24) is 4.98 Å². The summed E-state index contributed by atoms with van der Waals surface area (Å²) in [6, 6.07) is 14.0. The van der Waals surface area contributed by atoms with Crippen molar-refractivity contribution in [1.29, 1.82) is 0 Å². The van der Waals surface area contributed by atoms with Crippen LogP contribution in [0.15, 0.2) is 58.5 Å². The minimum atomic E-state index is -0.187. The van der Waals surface area contributed by atoms with Crippen LogP contribution in [0.1, 0.15) is 16.6 Å². The van der Waals surface area contributed by atoms with Gasteiger partial charge < -0.3 is 10.2 Å². The van der Waals surface area contributed by atoms with Gasteiger partial charge >= 0.3 is 0 Å². The van der Waals surface area contributed by atoms with Crippen molar-refractivity contribution in [3.05, 3.63) is 64.6 Å². The van der Waals surface area contributed by atoms with Crippen molar-refractivity contribution in [3.8, 4) is 0 Å². The smallest absolute Gasteiger partial charge is 0.135 e. The molecule has 2 aromatic carbocycles. The van der Waals surface area contributed by atoms with Crippen LogP contribution in [0, 0.1) is 0 Å². The van der Waals surface area contributed by atoms with Gasteiger partial charge in [0.15, 0.2) is 0 Å². The molecule has 0 spiro atoms. The zero-order valence-electron chi connectivity index (χ0n) is 10.6. The highest BCUT2D eigenvalue weighted by Gasteiger charge is 2.14. The molecular weight excluding hydrogens is 268 g/mol. The zero-order valence-corrected chi connectivity index (χ0v) is 11.4. The van der Waals surface area contributed by atoms with Gasteiger partial charge in [-0.05, 0) is 23.8 Å². The Labute approximate surface area is 119 Å². The van der Waals surface area contributed by atoms with Crippen LogP contribution in [0.2, 0.25) is 0 Å². The molecule has 0 amide bonds. The molecule has 20 heavy (non-hydrogen) atoms. The van der Waals surface area contributed by atoms with Crippen LogP contribution in [-0.4, -0.2) is 4.98 Å². The summed E-state index contributed by atoms with van der Waals surface area (Å²) < 4.78 is 5.82. The number of nitrogens with two attached hydrogens (primary N) is 1. The number of hydrogen-bond acceptors (Lipinski definition) is 4. The number of furan rings is 1. The first-order valence-corrected chi connectivity index (χ1v) is 7.27. The predicted octanol–water partition coefficient (Wildman–Crippen LogP) is 4.09. The maximum Gasteiger partial charge on any atom is 0.135 e. The van der Waals surface area contributed by atoms with Crippen molar-refractivity contribution in [3.63, 3.8) is 0 Å². The minimum absolute atomic E-state index is 0.187. The van der Waals surface area contributed by atoms with E-state index >= 15 is 0 Å².